The van der Waals surface area contributed by atoms with Crippen molar-refractivity contribution in [3.63, 3.8) is 0 Å². The topological polar surface area (TPSA) is 72.6 Å². The maximum Gasteiger partial charge on any atom is 0.325 e. The lowest BCUT2D eigenvalue weighted by Crippen LogP contribution is -2.42. The van der Waals surface area contributed by atoms with Gasteiger partial charge in [-0.25, -0.2) is 0 Å². The number of carbonyl (C=O) groups excluding carboxylic acids is 2. The molecule has 0 saturated heterocycles. The van der Waals surface area contributed by atoms with Crippen LogP contribution in [0.3, 0.4) is 0 Å². The van der Waals surface area contributed by atoms with Crippen LogP contribution >= 0.6 is 12.4 Å². The monoisotopic (exact) mass is 318 g/mol. The van der Waals surface area contributed by atoms with Crippen LogP contribution in [0.15, 0.2) is 0 Å². The Balaban J connectivity index is 0.00000220. The minimum Gasteiger partial charge on any atom is -0.465 e. The van der Waals surface area contributed by atoms with Crippen molar-refractivity contribution in [1.29, 1.82) is 0 Å². The number of nitrogens with zero attached hydrogens (tertiary/aromatic N) is 1. The van der Waals surface area contributed by atoms with Crippen molar-refractivity contribution >= 4 is 24.3 Å². The van der Waals surface area contributed by atoms with Crippen molar-refractivity contribution in [2.45, 2.75) is 64.0 Å². The first-order valence-corrected chi connectivity index (χ1v) is 7.82. The molecular formula is C15H27ClN2O3. The molecule has 2 rings (SSSR count). The van der Waals surface area contributed by atoms with Gasteiger partial charge in [-0.1, -0.05) is 12.8 Å². The van der Waals surface area contributed by atoms with Gasteiger partial charge in [0.2, 0.25) is 5.91 Å². The first kappa shape index (κ1) is 18.2. The molecule has 5 nitrogen and oxygen atoms in total. The van der Waals surface area contributed by atoms with Gasteiger partial charge in [0, 0.05) is 18.5 Å². The van der Waals surface area contributed by atoms with Crippen LogP contribution in [-0.4, -0.2) is 42.0 Å². The molecule has 0 bridgehead atoms. The van der Waals surface area contributed by atoms with Crippen molar-refractivity contribution < 1.29 is 14.3 Å². The second kappa shape index (κ2) is 8.59. The maximum absolute atomic E-state index is 12.4. The molecule has 2 unspecified atom stereocenters. The van der Waals surface area contributed by atoms with Gasteiger partial charge in [0.15, 0.2) is 0 Å². The third-order valence-corrected chi connectivity index (χ3v) is 4.32. The van der Waals surface area contributed by atoms with E-state index in [1.807, 2.05) is 0 Å². The van der Waals surface area contributed by atoms with E-state index in [0.717, 1.165) is 32.1 Å². The Labute approximate surface area is 133 Å². The molecule has 2 saturated carbocycles. The molecule has 2 fully saturated rings. The molecule has 0 heterocycles. The van der Waals surface area contributed by atoms with E-state index in [0.29, 0.717) is 13.0 Å². The molecule has 0 aromatic heterocycles. The number of esters is 1. The number of nitrogens with two attached hydrogens (primary N) is 1. The zero-order chi connectivity index (χ0) is 14.5. The van der Waals surface area contributed by atoms with E-state index < -0.39 is 0 Å². The molecule has 6 heteroatoms. The fourth-order valence-electron chi connectivity index (χ4n) is 2.98. The fraction of sp³-hybridized carbons (Fsp3) is 0.867. The standard InChI is InChI=1S/C15H26N2O3.ClH/c1-2-20-15(19)10-17(12-7-8-12)14(18)9-11-5-3-4-6-13(11)16;/h11-13H,2-10,16H2,1H3;1H. The average Bonchev–Trinajstić information content (AvgIpc) is 3.23. The van der Waals surface area contributed by atoms with E-state index in [1.54, 1.807) is 11.8 Å². The van der Waals surface area contributed by atoms with Crippen molar-refractivity contribution in [2.24, 2.45) is 11.7 Å². The quantitative estimate of drug-likeness (QED) is 0.759. The van der Waals surface area contributed by atoms with Crippen LogP contribution in [-0.2, 0) is 14.3 Å². The summed E-state index contributed by atoms with van der Waals surface area (Å²) in [7, 11) is 0. The van der Waals surface area contributed by atoms with Gasteiger partial charge in [-0.15, -0.1) is 12.4 Å². The molecule has 0 aromatic rings. The highest BCUT2D eigenvalue weighted by atomic mass is 35.5. The zero-order valence-electron chi connectivity index (χ0n) is 12.8. The summed E-state index contributed by atoms with van der Waals surface area (Å²) < 4.78 is 4.95. The highest BCUT2D eigenvalue weighted by molar-refractivity contribution is 5.85. The van der Waals surface area contributed by atoms with E-state index in [9.17, 15) is 9.59 Å². The number of carbonyl (C=O) groups is 2. The van der Waals surface area contributed by atoms with Gasteiger partial charge in [-0.3, -0.25) is 9.59 Å². The van der Waals surface area contributed by atoms with Gasteiger partial charge in [-0.2, -0.15) is 0 Å². The fourth-order valence-corrected chi connectivity index (χ4v) is 2.98. The van der Waals surface area contributed by atoms with Gasteiger partial charge < -0.3 is 15.4 Å². The third-order valence-electron chi connectivity index (χ3n) is 4.32. The Morgan fingerprint density at radius 1 is 1.19 bits per heavy atom. The highest BCUT2D eigenvalue weighted by Gasteiger charge is 2.35. The van der Waals surface area contributed by atoms with Crippen molar-refractivity contribution in [3.05, 3.63) is 0 Å². The number of amides is 1. The van der Waals surface area contributed by atoms with Crippen LogP contribution in [0, 0.1) is 5.92 Å². The summed E-state index contributed by atoms with van der Waals surface area (Å²) in [6.07, 6.45) is 6.86. The number of rotatable bonds is 6. The Bertz CT molecular complexity index is 361. The van der Waals surface area contributed by atoms with E-state index in [-0.39, 0.29) is 48.8 Å². The van der Waals surface area contributed by atoms with Crippen LogP contribution < -0.4 is 5.73 Å². The molecule has 0 aromatic carbocycles. The normalized spacial score (nSPS) is 24.9. The summed E-state index contributed by atoms with van der Waals surface area (Å²) in [4.78, 5) is 25.8. The minimum absolute atomic E-state index is 0. The van der Waals surface area contributed by atoms with Gasteiger partial charge >= 0.3 is 5.97 Å². The summed E-state index contributed by atoms with van der Waals surface area (Å²) >= 11 is 0. The van der Waals surface area contributed by atoms with Gasteiger partial charge in [0.25, 0.3) is 0 Å². The minimum atomic E-state index is -0.305. The molecule has 0 spiro atoms. The number of halogens is 1. The Kier molecular flexibility index (Phi) is 7.46. The second-order valence-electron chi connectivity index (χ2n) is 5.97. The van der Waals surface area contributed by atoms with Gasteiger partial charge in [-0.05, 0) is 38.5 Å². The molecular weight excluding hydrogens is 292 g/mol. The smallest absolute Gasteiger partial charge is 0.325 e. The molecule has 21 heavy (non-hydrogen) atoms. The van der Waals surface area contributed by atoms with Gasteiger partial charge in [0.05, 0.1) is 6.61 Å². The number of ether oxygens (including phenoxy) is 1. The van der Waals surface area contributed by atoms with Crippen LogP contribution in [0.5, 0.6) is 0 Å². The molecule has 0 radical (unpaired) electrons. The average molecular weight is 319 g/mol. The Morgan fingerprint density at radius 2 is 1.86 bits per heavy atom. The SMILES string of the molecule is CCOC(=O)CN(C(=O)CC1CCCCC1N)C1CC1.Cl. The van der Waals surface area contributed by atoms with Gasteiger partial charge in [0.1, 0.15) is 6.54 Å². The second-order valence-corrected chi connectivity index (χ2v) is 5.97. The highest BCUT2D eigenvalue weighted by Crippen LogP contribution is 2.30. The molecule has 2 aliphatic carbocycles. The molecule has 2 atom stereocenters. The lowest BCUT2D eigenvalue weighted by atomic mass is 9.82. The molecule has 2 N–H and O–H groups in total. The van der Waals surface area contributed by atoms with Crippen molar-refractivity contribution in [3.8, 4) is 0 Å². The van der Waals surface area contributed by atoms with Crippen LogP contribution in [0.4, 0.5) is 0 Å². The van der Waals surface area contributed by atoms with Crippen LogP contribution in [0.25, 0.3) is 0 Å². The Morgan fingerprint density at radius 3 is 2.43 bits per heavy atom. The van der Waals surface area contributed by atoms with Crippen molar-refractivity contribution in [1.82, 2.24) is 4.90 Å². The zero-order valence-corrected chi connectivity index (χ0v) is 13.6. The lowest BCUT2D eigenvalue weighted by molar-refractivity contribution is -0.149. The number of hydrogen-bond donors (Lipinski definition) is 1. The first-order valence-electron chi connectivity index (χ1n) is 7.82. The molecule has 2 aliphatic rings. The largest absolute Gasteiger partial charge is 0.465 e. The van der Waals surface area contributed by atoms with E-state index in [2.05, 4.69) is 0 Å². The summed E-state index contributed by atoms with van der Waals surface area (Å²) in [5, 5.41) is 0. The Hall–Kier alpha value is -0.810. The van der Waals surface area contributed by atoms with Crippen molar-refractivity contribution in [2.75, 3.05) is 13.2 Å². The maximum atomic E-state index is 12.4. The summed E-state index contributed by atoms with van der Waals surface area (Å²) in [5.41, 5.74) is 6.11. The molecule has 122 valence electrons. The summed E-state index contributed by atoms with van der Waals surface area (Å²) in [6.45, 7) is 2.24. The molecule has 1 amide bonds. The predicted molar refractivity (Wildman–Crippen MR) is 83.2 cm³/mol. The van der Waals surface area contributed by atoms with Crippen LogP contribution in [0.1, 0.15) is 51.9 Å². The first-order chi connectivity index (χ1) is 9.61. The van der Waals surface area contributed by atoms with E-state index in [4.69, 9.17) is 10.5 Å². The van der Waals surface area contributed by atoms with Crippen LogP contribution in [0.2, 0.25) is 0 Å². The summed E-state index contributed by atoms with van der Waals surface area (Å²) in [6, 6.07) is 0.378. The van der Waals surface area contributed by atoms with E-state index >= 15 is 0 Å². The predicted octanol–water partition coefficient (Wildman–Crippen LogP) is 1.87. The molecule has 0 aliphatic heterocycles. The lowest BCUT2D eigenvalue weighted by Gasteiger charge is -2.30. The number of hydrogen-bond acceptors (Lipinski definition) is 4. The van der Waals surface area contributed by atoms with E-state index in [1.165, 1.54) is 6.42 Å². The summed E-state index contributed by atoms with van der Waals surface area (Å²) in [5.74, 6) is 0.0447. The third kappa shape index (κ3) is 5.47.